The number of para-hydroxylation sites is 1. The molecule has 3 nitrogen and oxygen atoms in total. The highest BCUT2D eigenvalue weighted by molar-refractivity contribution is 5.81. The SMILES string of the molecule is Nc1cccc(-n2ccc3ccccc32)n1. The number of fused-ring (bicyclic) bond motifs is 1. The minimum absolute atomic E-state index is 0.537. The zero-order valence-electron chi connectivity index (χ0n) is 8.67. The summed E-state index contributed by atoms with van der Waals surface area (Å²) in [6.45, 7) is 0. The lowest BCUT2D eigenvalue weighted by Crippen LogP contribution is -1.98. The molecule has 0 amide bonds. The summed E-state index contributed by atoms with van der Waals surface area (Å²) in [6, 6.07) is 15.9. The van der Waals surface area contributed by atoms with Crippen LogP contribution in [0.4, 0.5) is 5.82 Å². The molecular formula is C13H11N3. The second-order valence-electron chi connectivity index (χ2n) is 3.67. The molecule has 0 fully saturated rings. The van der Waals surface area contributed by atoms with Crippen molar-refractivity contribution in [3.63, 3.8) is 0 Å². The van der Waals surface area contributed by atoms with Crippen molar-refractivity contribution in [1.29, 1.82) is 0 Å². The Bertz CT molecular complexity index is 640. The van der Waals surface area contributed by atoms with Gasteiger partial charge in [0.25, 0.3) is 0 Å². The van der Waals surface area contributed by atoms with Crippen molar-refractivity contribution in [2.24, 2.45) is 0 Å². The summed E-state index contributed by atoms with van der Waals surface area (Å²) in [5.41, 5.74) is 6.82. The van der Waals surface area contributed by atoms with Crippen LogP contribution in [0.3, 0.4) is 0 Å². The molecule has 0 saturated carbocycles. The van der Waals surface area contributed by atoms with Gasteiger partial charge < -0.3 is 10.3 Å². The average molecular weight is 209 g/mol. The minimum atomic E-state index is 0.537. The van der Waals surface area contributed by atoms with Crippen LogP contribution >= 0.6 is 0 Å². The van der Waals surface area contributed by atoms with E-state index in [-0.39, 0.29) is 0 Å². The monoisotopic (exact) mass is 209 g/mol. The van der Waals surface area contributed by atoms with Gasteiger partial charge in [-0.25, -0.2) is 4.98 Å². The van der Waals surface area contributed by atoms with Gasteiger partial charge in [0.2, 0.25) is 0 Å². The normalized spacial score (nSPS) is 10.8. The summed E-state index contributed by atoms with van der Waals surface area (Å²) in [5, 5.41) is 1.20. The summed E-state index contributed by atoms with van der Waals surface area (Å²) in [7, 11) is 0. The van der Waals surface area contributed by atoms with Crippen molar-refractivity contribution in [3.05, 3.63) is 54.7 Å². The highest BCUT2D eigenvalue weighted by Crippen LogP contribution is 2.19. The van der Waals surface area contributed by atoms with E-state index in [1.807, 2.05) is 35.0 Å². The summed E-state index contributed by atoms with van der Waals surface area (Å²) in [6.07, 6.45) is 2.01. The number of nitrogens with zero attached hydrogens (tertiary/aromatic N) is 2. The Hall–Kier alpha value is -2.29. The van der Waals surface area contributed by atoms with Crippen LogP contribution < -0.4 is 5.73 Å². The molecule has 2 aromatic heterocycles. The van der Waals surface area contributed by atoms with Gasteiger partial charge in [-0.1, -0.05) is 24.3 Å². The molecule has 16 heavy (non-hydrogen) atoms. The first-order chi connectivity index (χ1) is 7.84. The molecule has 0 aliphatic heterocycles. The zero-order chi connectivity index (χ0) is 11.0. The standard InChI is InChI=1S/C13H11N3/c14-12-6-3-7-13(15-12)16-9-8-10-4-1-2-5-11(10)16/h1-9H,(H2,14,15). The predicted molar refractivity (Wildman–Crippen MR) is 65.5 cm³/mol. The van der Waals surface area contributed by atoms with E-state index in [1.165, 1.54) is 5.39 Å². The van der Waals surface area contributed by atoms with E-state index in [4.69, 9.17) is 5.73 Å². The van der Waals surface area contributed by atoms with Gasteiger partial charge in [-0.3, -0.25) is 0 Å². The molecule has 1 aromatic carbocycles. The molecule has 0 aliphatic carbocycles. The largest absolute Gasteiger partial charge is 0.384 e. The molecular weight excluding hydrogens is 198 g/mol. The Morgan fingerprint density at radius 3 is 2.69 bits per heavy atom. The highest BCUT2D eigenvalue weighted by atomic mass is 15.1. The van der Waals surface area contributed by atoms with Gasteiger partial charge in [0.15, 0.2) is 0 Å². The number of aromatic nitrogens is 2. The third kappa shape index (κ3) is 1.34. The van der Waals surface area contributed by atoms with E-state index in [2.05, 4.69) is 23.2 Å². The van der Waals surface area contributed by atoms with Crippen molar-refractivity contribution in [3.8, 4) is 5.82 Å². The number of anilines is 1. The molecule has 0 bridgehead atoms. The summed E-state index contributed by atoms with van der Waals surface area (Å²) >= 11 is 0. The molecule has 2 N–H and O–H groups in total. The Balaban J connectivity index is 2.26. The van der Waals surface area contributed by atoms with E-state index >= 15 is 0 Å². The maximum atomic E-state index is 5.68. The minimum Gasteiger partial charge on any atom is -0.384 e. The zero-order valence-corrected chi connectivity index (χ0v) is 8.67. The van der Waals surface area contributed by atoms with E-state index < -0.39 is 0 Å². The summed E-state index contributed by atoms with van der Waals surface area (Å²) in [4.78, 5) is 4.31. The molecule has 0 radical (unpaired) electrons. The summed E-state index contributed by atoms with van der Waals surface area (Å²) < 4.78 is 2.03. The van der Waals surface area contributed by atoms with Gasteiger partial charge in [0, 0.05) is 6.20 Å². The number of hydrogen-bond donors (Lipinski definition) is 1. The third-order valence-electron chi connectivity index (χ3n) is 2.60. The molecule has 0 atom stereocenters. The van der Waals surface area contributed by atoms with Gasteiger partial charge >= 0.3 is 0 Å². The molecule has 0 spiro atoms. The first kappa shape index (κ1) is 8.97. The Kier molecular flexibility index (Phi) is 1.90. The Labute approximate surface area is 93.1 Å². The first-order valence-corrected chi connectivity index (χ1v) is 5.13. The van der Waals surface area contributed by atoms with E-state index in [9.17, 15) is 0 Å². The molecule has 2 heterocycles. The average Bonchev–Trinajstić information content (AvgIpc) is 2.72. The maximum Gasteiger partial charge on any atom is 0.139 e. The maximum absolute atomic E-state index is 5.68. The predicted octanol–water partition coefficient (Wildman–Crippen LogP) is 2.61. The van der Waals surface area contributed by atoms with Gasteiger partial charge in [-0.2, -0.15) is 0 Å². The number of hydrogen-bond acceptors (Lipinski definition) is 2. The topological polar surface area (TPSA) is 43.8 Å². The van der Waals surface area contributed by atoms with Crippen molar-refractivity contribution in [2.75, 3.05) is 5.73 Å². The van der Waals surface area contributed by atoms with Crippen molar-refractivity contribution < 1.29 is 0 Å². The van der Waals surface area contributed by atoms with Crippen LogP contribution in [0.5, 0.6) is 0 Å². The Morgan fingerprint density at radius 1 is 0.938 bits per heavy atom. The highest BCUT2D eigenvalue weighted by Gasteiger charge is 2.02. The third-order valence-corrected chi connectivity index (χ3v) is 2.60. The molecule has 78 valence electrons. The molecule has 3 aromatic rings. The van der Waals surface area contributed by atoms with Crippen molar-refractivity contribution in [1.82, 2.24) is 9.55 Å². The van der Waals surface area contributed by atoms with Crippen LogP contribution in [0.25, 0.3) is 16.7 Å². The number of benzene rings is 1. The lowest BCUT2D eigenvalue weighted by Gasteiger charge is -2.04. The quantitative estimate of drug-likeness (QED) is 0.669. The Morgan fingerprint density at radius 2 is 1.81 bits per heavy atom. The van der Waals surface area contributed by atoms with Crippen LogP contribution in [-0.4, -0.2) is 9.55 Å². The number of pyridine rings is 1. The van der Waals surface area contributed by atoms with E-state index in [0.717, 1.165) is 11.3 Å². The molecule has 3 rings (SSSR count). The van der Waals surface area contributed by atoms with Crippen LogP contribution in [0.2, 0.25) is 0 Å². The number of nitrogen functional groups attached to an aromatic ring is 1. The van der Waals surface area contributed by atoms with E-state index in [0.29, 0.717) is 5.82 Å². The van der Waals surface area contributed by atoms with Crippen LogP contribution in [-0.2, 0) is 0 Å². The van der Waals surface area contributed by atoms with Gasteiger partial charge in [0.1, 0.15) is 11.6 Å². The molecule has 0 aliphatic rings. The first-order valence-electron chi connectivity index (χ1n) is 5.13. The van der Waals surface area contributed by atoms with Crippen LogP contribution in [0.1, 0.15) is 0 Å². The smallest absolute Gasteiger partial charge is 0.139 e. The molecule has 3 heteroatoms. The molecule has 0 unspecified atom stereocenters. The van der Waals surface area contributed by atoms with Crippen molar-refractivity contribution in [2.45, 2.75) is 0 Å². The second kappa shape index (κ2) is 3.38. The van der Waals surface area contributed by atoms with Gasteiger partial charge in [-0.15, -0.1) is 0 Å². The second-order valence-corrected chi connectivity index (χ2v) is 3.67. The molecule has 0 saturated heterocycles. The van der Waals surface area contributed by atoms with Crippen molar-refractivity contribution >= 4 is 16.7 Å². The number of rotatable bonds is 1. The van der Waals surface area contributed by atoms with Gasteiger partial charge in [0.05, 0.1) is 5.52 Å². The fraction of sp³-hybridized carbons (Fsp3) is 0. The fourth-order valence-corrected chi connectivity index (χ4v) is 1.86. The van der Waals surface area contributed by atoms with E-state index in [1.54, 1.807) is 6.07 Å². The van der Waals surface area contributed by atoms with Crippen LogP contribution in [0.15, 0.2) is 54.7 Å². The van der Waals surface area contributed by atoms with Gasteiger partial charge in [-0.05, 0) is 29.7 Å². The fourth-order valence-electron chi connectivity index (χ4n) is 1.86. The number of nitrogens with two attached hydrogens (primary N) is 1. The summed E-state index contributed by atoms with van der Waals surface area (Å²) in [5.74, 6) is 1.39. The lowest BCUT2D eigenvalue weighted by atomic mass is 10.2. The lowest BCUT2D eigenvalue weighted by molar-refractivity contribution is 1.05. The van der Waals surface area contributed by atoms with Crippen LogP contribution in [0, 0.1) is 0 Å².